The minimum absolute atomic E-state index is 0.0113. The summed E-state index contributed by atoms with van der Waals surface area (Å²) in [6.07, 6.45) is -2.53. The van der Waals surface area contributed by atoms with E-state index >= 15 is 0 Å². The first-order valence-corrected chi connectivity index (χ1v) is 5.86. The Morgan fingerprint density at radius 1 is 1.28 bits per heavy atom. The summed E-state index contributed by atoms with van der Waals surface area (Å²) in [5.74, 6) is 0. The molecule has 0 bridgehead atoms. The van der Waals surface area contributed by atoms with Gasteiger partial charge in [0.2, 0.25) is 0 Å². The molecule has 0 aliphatic carbocycles. The van der Waals surface area contributed by atoms with Crippen LogP contribution < -0.4 is 0 Å². The molecule has 0 aliphatic rings. The highest BCUT2D eigenvalue weighted by molar-refractivity contribution is 5.73. The molecule has 102 valence electrons. The van der Waals surface area contributed by atoms with Gasteiger partial charge >= 0.3 is 6.18 Å². The number of hydrogen-bond donors (Lipinski definition) is 0. The van der Waals surface area contributed by atoms with Crippen molar-refractivity contribution in [2.75, 3.05) is 0 Å². The lowest BCUT2D eigenvalue weighted by Crippen LogP contribution is -2.11. The molecule has 1 rings (SSSR count). The second kappa shape index (κ2) is 5.16. The van der Waals surface area contributed by atoms with Crippen LogP contribution >= 0.6 is 0 Å². The smallest absolute Gasteiger partial charge is 0.345 e. The topological polar surface area (TPSA) is 22.0 Å². The summed E-state index contributed by atoms with van der Waals surface area (Å²) in [6.45, 7) is 6.20. The lowest BCUT2D eigenvalue weighted by molar-refractivity contribution is -0.135. The van der Waals surface area contributed by atoms with Gasteiger partial charge in [0.25, 0.3) is 0 Å². The van der Waals surface area contributed by atoms with Gasteiger partial charge in [-0.25, -0.2) is 0 Å². The largest absolute Gasteiger partial charge is 0.389 e. The lowest BCUT2D eigenvalue weighted by atomic mass is 9.89. The van der Waals surface area contributed by atoms with Gasteiger partial charge in [0.15, 0.2) is 6.29 Å². The zero-order valence-electron chi connectivity index (χ0n) is 10.8. The molecule has 0 amide bonds. The number of rotatable bonds is 4. The first-order valence-electron chi connectivity index (χ1n) is 5.86. The van der Waals surface area contributed by atoms with E-state index < -0.39 is 12.6 Å². The number of hydrogen-bond acceptors (Lipinski definition) is 1. The third-order valence-electron chi connectivity index (χ3n) is 2.78. The third kappa shape index (κ3) is 4.20. The molecule has 1 aromatic rings. The second-order valence-corrected chi connectivity index (χ2v) is 5.43. The van der Waals surface area contributed by atoms with Gasteiger partial charge in [0.1, 0.15) is 0 Å². The van der Waals surface area contributed by atoms with E-state index in [0.717, 1.165) is 5.56 Å². The molecule has 0 saturated heterocycles. The van der Waals surface area contributed by atoms with Gasteiger partial charge in [-0.15, -0.1) is 0 Å². The average Bonchev–Trinajstić information content (AvgIpc) is 2.58. The maximum Gasteiger partial charge on any atom is 0.389 e. The van der Waals surface area contributed by atoms with Crippen molar-refractivity contribution >= 4 is 6.29 Å². The number of aldehydes is 1. The van der Waals surface area contributed by atoms with Crippen molar-refractivity contribution in [3.8, 4) is 0 Å². The zero-order valence-corrected chi connectivity index (χ0v) is 10.8. The van der Waals surface area contributed by atoms with E-state index in [-0.39, 0.29) is 18.4 Å². The van der Waals surface area contributed by atoms with E-state index in [1.807, 2.05) is 20.8 Å². The Morgan fingerprint density at radius 3 is 2.33 bits per heavy atom. The lowest BCUT2D eigenvalue weighted by Gasteiger charge is -2.16. The molecular weight excluding hydrogens is 243 g/mol. The number of carbonyl (C=O) groups excluding carboxylic acids is 1. The molecule has 0 saturated carbocycles. The zero-order chi connectivity index (χ0) is 14.0. The molecule has 0 unspecified atom stereocenters. The Kier molecular flexibility index (Phi) is 4.24. The van der Waals surface area contributed by atoms with Gasteiger partial charge in [-0.05, 0) is 23.5 Å². The van der Waals surface area contributed by atoms with Crippen molar-refractivity contribution in [2.24, 2.45) is 0 Å². The number of carbonyl (C=O) groups is 1. The van der Waals surface area contributed by atoms with Crippen LogP contribution in [0, 0.1) is 0 Å². The fourth-order valence-electron chi connectivity index (χ4n) is 1.68. The Labute approximate surface area is 105 Å². The van der Waals surface area contributed by atoms with E-state index in [1.54, 1.807) is 16.8 Å². The molecule has 5 heteroatoms. The standard InChI is InChI=1S/C13H18F3NO/c1-12(2,3)10-7-11(9-18)17(8-10)6-4-5-13(14,15)16/h7-9H,4-6H2,1-3H3. The van der Waals surface area contributed by atoms with E-state index in [9.17, 15) is 18.0 Å². The van der Waals surface area contributed by atoms with Gasteiger partial charge in [-0.1, -0.05) is 20.8 Å². The Hall–Kier alpha value is -1.26. The molecule has 2 nitrogen and oxygen atoms in total. The summed E-state index contributed by atoms with van der Waals surface area (Å²) in [4.78, 5) is 10.9. The quantitative estimate of drug-likeness (QED) is 0.752. The number of halogens is 3. The molecular formula is C13H18F3NO. The highest BCUT2D eigenvalue weighted by Crippen LogP contribution is 2.25. The van der Waals surface area contributed by atoms with Gasteiger partial charge < -0.3 is 4.57 Å². The van der Waals surface area contributed by atoms with Crippen LogP contribution in [0.1, 0.15) is 49.7 Å². The van der Waals surface area contributed by atoms with Crippen LogP contribution in [0.2, 0.25) is 0 Å². The van der Waals surface area contributed by atoms with Crippen LogP contribution in [0.25, 0.3) is 0 Å². The molecule has 0 fully saturated rings. The molecule has 0 aliphatic heterocycles. The van der Waals surface area contributed by atoms with E-state index in [1.165, 1.54) is 0 Å². The van der Waals surface area contributed by atoms with E-state index in [2.05, 4.69) is 0 Å². The summed E-state index contributed by atoms with van der Waals surface area (Å²) in [6, 6.07) is 1.74. The first-order chi connectivity index (χ1) is 8.13. The van der Waals surface area contributed by atoms with Crippen molar-refractivity contribution in [3.05, 3.63) is 23.5 Å². The predicted octanol–water partition coefficient (Wildman–Crippen LogP) is 3.94. The van der Waals surface area contributed by atoms with E-state index in [4.69, 9.17) is 0 Å². The number of nitrogens with zero attached hydrogens (tertiary/aromatic N) is 1. The van der Waals surface area contributed by atoms with Crippen molar-refractivity contribution in [3.63, 3.8) is 0 Å². The fraction of sp³-hybridized carbons (Fsp3) is 0.615. The Morgan fingerprint density at radius 2 is 1.89 bits per heavy atom. The number of aromatic nitrogens is 1. The van der Waals surface area contributed by atoms with Crippen LogP contribution in [-0.2, 0) is 12.0 Å². The average molecular weight is 261 g/mol. The summed E-state index contributed by atoms with van der Waals surface area (Å²) in [5.41, 5.74) is 1.27. The predicted molar refractivity (Wildman–Crippen MR) is 63.8 cm³/mol. The van der Waals surface area contributed by atoms with Crippen LogP contribution in [0.3, 0.4) is 0 Å². The third-order valence-corrected chi connectivity index (χ3v) is 2.78. The summed E-state index contributed by atoms with van der Waals surface area (Å²) in [7, 11) is 0. The summed E-state index contributed by atoms with van der Waals surface area (Å²) < 4.78 is 37.8. The van der Waals surface area contributed by atoms with Crippen LogP contribution in [-0.4, -0.2) is 17.0 Å². The van der Waals surface area contributed by atoms with Gasteiger partial charge in [0, 0.05) is 19.2 Å². The SMILES string of the molecule is CC(C)(C)c1cc(C=O)n(CCCC(F)(F)F)c1. The highest BCUT2D eigenvalue weighted by Gasteiger charge is 2.26. The van der Waals surface area contributed by atoms with Crippen molar-refractivity contribution in [1.29, 1.82) is 0 Å². The normalized spacial score (nSPS) is 12.8. The molecule has 0 atom stereocenters. The van der Waals surface area contributed by atoms with Gasteiger partial charge in [0.05, 0.1) is 5.69 Å². The monoisotopic (exact) mass is 261 g/mol. The molecule has 18 heavy (non-hydrogen) atoms. The molecule has 0 aromatic carbocycles. The van der Waals surface area contributed by atoms with Crippen molar-refractivity contribution in [2.45, 2.75) is 51.7 Å². The van der Waals surface area contributed by atoms with E-state index in [0.29, 0.717) is 12.0 Å². The fourth-order valence-corrected chi connectivity index (χ4v) is 1.68. The van der Waals surface area contributed by atoms with Gasteiger partial charge in [-0.2, -0.15) is 13.2 Å². The van der Waals surface area contributed by atoms with Crippen LogP contribution in [0.5, 0.6) is 0 Å². The summed E-state index contributed by atoms with van der Waals surface area (Å²) >= 11 is 0. The number of alkyl halides is 3. The Balaban J connectivity index is 2.76. The summed E-state index contributed by atoms with van der Waals surface area (Å²) in [5, 5.41) is 0. The first kappa shape index (κ1) is 14.8. The minimum Gasteiger partial charge on any atom is -0.345 e. The van der Waals surface area contributed by atoms with Crippen molar-refractivity contribution < 1.29 is 18.0 Å². The second-order valence-electron chi connectivity index (χ2n) is 5.43. The molecule has 0 spiro atoms. The van der Waals surface area contributed by atoms with Crippen molar-refractivity contribution in [1.82, 2.24) is 4.57 Å². The Bertz CT molecular complexity index is 413. The molecule has 0 radical (unpaired) electrons. The minimum atomic E-state index is -4.14. The molecule has 0 N–H and O–H groups in total. The maximum atomic E-state index is 12.1. The van der Waals surface area contributed by atoms with Crippen LogP contribution in [0.15, 0.2) is 12.3 Å². The molecule has 1 heterocycles. The van der Waals surface area contributed by atoms with Gasteiger partial charge in [-0.3, -0.25) is 4.79 Å². The number of aryl methyl sites for hydroxylation is 1. The molecule has 1 aromatic heterocycles. The van der Waals surface area contributed by atoms with Crippen LogP contribution in [0.4, 0.5) is 13.2 Å². The maximum absolute atomic E-state index is 12.1. The highest BCUT2D eigenvalue weighted by atomic mass is 19.4.